The predicted octanol–water partition coefficient (Wildman–Crippen LogP) is 6.39. The highest BCUT2D eigenvalue weighted by Gasteiger charge is 2.37. The van der Waals surface area contributed by atoms with Crippen molar-refractivity contribution in [3.05, 3.63) is 64.2 Å². The summed E-state index contributed by atoms with van der Waals surface area (Å²) in [7, 11) is 0. The van der Waals surface area contributed by atoms with Gasteiger partial charge in [0.25, 0.3) is 5.91 Å². The third-order valence-corrected chi connectivity index (χ3v) is 5.94. The molecule has 1 amide bonds. The molecule has 1 aliphatic rings. The second-order valence-electron chi connectivity index (χ2n) is 8.80. The largest absolute Gasteiger partial charge is 0.364 e. The molecule has 30 heavy (non-hydrogen) atoms. The molecular formula is C25H28ClN3O. The Kier molecular flexibility index (Phi) is 6.24. The number of halogens is 1. The lowest BCUT2D eigenvalue weighted by Crippen LogP contribution is -2.51. The lowest BCUT2D eigenvalue weighted by atomic mass is 9.79. The second kappa shape index (κ2) is 8.53. The van der Waals surface area contributed by atoms with Crippen LogP contribution in [-0.4, -0.2) is 17.5 Å². The Hall–Kier alpha value is -2.77. The van der Waals surface area contributed by atoms with Gasteiger partial charge in [0.05, 0.1) is 10.7 Å². The minimum atomic E-state index is -0.471. The van der Waals surface area contributed by atoms with E-state index < -0.39 is 5.91 Å². The summed E-state index contributed by atoms with van der Waals surface area (Å²) in [5, 5.41) is 12.7. The average molecular weight is 422 g/mol. The Morgan fingerprint density at radius 1 is 1.30 bits per heavy atom. The number of carbonyl (C=O) groups excluding carboxylic acids is 1. The Morgan fingerprint density at radius 3 is 2.63 bits per heavy atom. The van der Waals surface area contributed by atoms with Crippen LogP contribution in [0.5, 0.6) is 0 Å². The summed E-state index contributed by atoms with van der Waals surface area (Å²) in [6.07, 6.45) is 2.68. The molecule has 2 aromatic carbocycles. The van der Waals surface area contributed by atoms with Crippen LogP contribution in [0, 0.1) is 11.3 Å². The number of hydrogen-bond donors (Lipinski definition) is 1. The Morgan fingerprint density at radius 2 is 2.00 bits per heavy atom. The summed E-state index contributed by atoms with van der Waals surface area (Å²) in [4.78, 5) is 15.1. The molecule has 1 N–H and O–H groups in total. The van der Waals surface area contributed by atoms with E-state index in [2.05, 4.69) is 57.0 Å². The zero-order valence-electron chi connectivity index (χ0n) is 18.2. The summed E-state index contributed by atoms with van der Waals surface area (Å²) >= 11 is 6.11. The van der Waals surface area contributed by atoms with Crippen LogP contribution in [0.1, 0.15) is 58.1 Å². The van der Waals surface area contributed by atoms with Crippen molar-refractivity contribution in [2.45, 2.75) is 58.5 Å². The number of nitriles is 1. The second-order valence-corrected chi connectivity index (χ2v) is 9.21. The van der Waals surface area contributed by atoms with E-state index in [0.29, 0.717) is 22.7 Å². The smallest absolute Gasteiger partial charge is 0.266 e. The molecule has 0 bridgehead atoms. The molecule has 5 heteroatoms. The molecule has 1 unspecified atom stereocenters. The fraction of sp³-hybridized carbons (Fsp3) is 0.360. The highest BCUT2D eigenvalue weighted by Crippen LogP contribution is 2.44. The zero-order chi connectivity index (χ0) is 22.1. The van der Waals surface area contributed by atoms with Crippen LogP contribution in [0.3, 0.4) is 0 Å². The number of benzene rings is 2. The van der Waals surface area contributed by atoms with Crippen molar-refractivity contribution in [3.8, 4) is 6.07 Å². The molecule has 0 saturated heterocycles. The summed E-state index contributed by atoms with van der Waals surface area (Å²) in [6.45, 7) is 11.2. The molecule has 1 aliphatic heterocycles. The number of nitrogens with one attached hydrogen (secondary N) is 1. The molecule has 0 aromatic heterocycles. The van der Waals surface area contributed by atoms with Crippen molar-refractivity contribution in [2.24, 2.45) is 0 Å². The molecule has 1 atom stereocenters. The third kappa shape index (κ3) is 4.37. The number of rotatable bonds is 4. The molecule has 1 heterocycles. The number of carbonyl (C=O) groups is 1. The van der Waals surface area contributed by atoms with Crippen LogP contribution in [0.25, 0.3) is 6.08 Å². The average Bonchev–Trinajstić information content (AvgIpc) is 2.67. The van der Waals surface area contributed by atoms with E-state index in [-0.39, 0.29) is 11.1 Å². The van der Waals surface area contributed by atoms with Gasteiger partial charge in [-0.25, -0.2) is 0 Å². The lowest BCUT2D eigenvalue weighted by Gasteiger charge is -2.50. The first kappa shape index (κ1) is 21.9. The van der Waals surface area contributed by atoms with E-state index >= 15 is 0 Å². The molecule has 0 saturated carbocycles. The molecule has 0 fully saturated rings. The standard InChI is InChI=1S/C25H28ClN3O/c1-16(2)29-23-11-10-18(13-20(23)17(3)14-25(29,4)5)12-19(15-27)24(30)28-22-9-7-6-8-21(22)26/h6-13,16-17H,14H2,1-5H3,(H,28,30)/b19-12-. The number of para-hydroxylation sites is 1. The van der Waals surface area contributed by atoms with Crippen molar-refractivity contribution >= 4 is 35.0 Å². The number of amides is 1. The van der Waals surface area contributed by atoms with Gasteiger partial charge in [-0.05, 0) is 81.5 Å². The van der Waals surface area contributed by atoms with Crippen molar-refractivity contribution in [1.82, 2.24) is 0 Å². The highest BCUT2D eigenvalue weighted by molar-refractivity contribution is 6.34. The molecule has 2 aromatic rings. The fourth-order valence-electron chi connectivity index (χ4n) is 4.61. The maximum Gasteiger partial charge on any atom is 0.266 e. The van der Waals surface area contributed by atoms with Crippen molar-refractivity contribution in [3.63, 3.8) is 0 Å². The highest BCUT2D eigenvalue weighted by atomic mass is 35.5. The van der Waals surface area contributed by atoms with Crippen LogP contribution >= 0.6 is 11.6 Å². The minimum Gasteiger partial charge on any atom is -0.364 e. The molecule has 156 valence electrons. The van der Waals surface area contributed by atoms with Gasteiger partial charge in [0, 0.05) is 17.3 Å². The van der Waals surface area contributed by atoms with Gasteiger partial charge in [-0.1, -0.05) is 36.7 Å². The van der Waals surface area contributed by atoms with Gasteiger partial charge < -0.3 is 10.2 Å². The van der Waals surface area contributed by atoms with Crippen LogP contribution in [0.2, 0.25) is 5.02 Å². The number of fused-ring (bicyclic) bond motifs is 1. The van der Waals surface area contributed by atoms with E-state index in [1.165, 1.54) is 11.3 Å². The van der Waals surface area contributed by atoms with Gasteiger partial charge in [0.2, 0.25) is 0 Å². The van der Waals surface area contributed by atoms with Crippen LogP contribution in [0.4, 0.5) is 11.4 Å². The van der Waals surface area contributed by atoms with Gasteiger partial charge >= 0.3 is 0 Å². The van der Waals surface area contributed by atoms with Crippen molar-refractivity contribution < 1.29 is 4.79 Å². The van der Waals surface area contributed by atoms with E-state index in [1.54, 1.807) is 30.3 Å². The van der Waals surface area contributed by atoms with Crippen LogP contribution in [-0.2, 0) is 4.79 Å². The number of anilines is 2. The summed E-state index contributed by atoms with van der Waals surface area (Å²) in [6, 6.07) is 15.6. The van der Waals surface area contributed by atoms with Gasteiger partial charge in [0.15, 0.2) is 0 Å². The fourth-order valence-corrected chi connectivity index (χ4v) is 4.79. The topological polar surface area (TPSA) is 56.1 Å². The molecule has 0 radical (unpaired) electrons. The zero-order valence-corrected chi connectivity index (χ0v) is 18.9. The normalized spacial score (nSPS) is 18.0. The van der Waals surface area contributed by atoms with Crippen LogP contribution in [0.15, 0.2) is 48.0 Å². The molecule has 4 nitrogen and oxygen atoms in total. The number of nitrogens with zero attached hydrogens (tertiary/aromatic N) is 2. The Labute approximate surface area is 184 Å². The SMILES string of the molecule is CC1CC(C)(C)N(C(C)C)c2ccc(/C=C(/C#N)C(=O)Nc3ccccc3Cl)cc21. The monoisotopic (exact) mass is 421 g/mol. The van der Waals surface area contributed by atoms with Crippen molar-refractivity contribution in [1.29, 1.82) is 5.26 Å². The quantitative estimate of drug-likeness (QED) is 0.459. The summed E-state index contributed by atoms with van der Waals surface area (Å²) in [5.74, 6) is -0.0813. The van der Waals surface area contributed by atoms with Gasteiger partial charge in [-0.15, -0.1) is 0 Å². The molecule has 0 aliphatic carbocycles. The minimum absolute atomic E-state index is 0.0411. The van der Waals surface area contributed by atoms with Crippen molar-refractivity contribution in [2.75, 3.05) is 10.2 Å². The third-order valence-electron chi connectivity index (χ3n) is 5.61. The molecular weight excluding hydrogens is 394 g/mol. The van der Waals surface area contributed by atoms with Crippen LogP contribution < -0.4 is 10.2 Å². The molecule has 3 rings (SSSR count). The maximum absolute atomic E-state index is 12.6. The first-order chi connectivity index (χ1) is 14.1. The number of hydrogen-bond acceptors (Lipinski definition) is 3. The first-order valence-corrected chi connectivity index (χ1v) is 10.6. The molecule has 0 spiro atoms. The lowest BCUT2D eigenvalue weighted by molar-refractivity contribution is -0.112. The van der Waals surface area contributed by atoms with E-state index in [1.807, 2.05) is 12.1 Å². The predicted molar refractivity (Wildman–Crippen MR) is 125 cm³/mol. The Balaban J connectivity index is 1.94. The van der Waals surface area contributed by atoms with E-state index in [0.717, 1.165) is 12.0 Å². The van der Waals surface area contributed by atoms with E-state index in [4.69, 9.17) is 11.6 Å². The van der Waals surface area contributed by atoms with Gasteiger partial charge in [-0.2, -0.15) is 5.26 Å². The van der Waals surface area contributed by atoms with E-state index in [9.17, 15) is 10.1 Å². The van der Waals surface area contributed by atoms with Gasteiger partial charge in [0.1, 0.15) is 11.6 Å². The Bertz CT molecular complexity index is 1030. The summed E-state index contributed by atoms with van der Waals surface area (Å²) in [5.41, 5.74) is 3.92. The first-order valence-electron chi connectivity index (χ1n) is 10.2. The van der Waals surface area contributed by atoms with Gasteiger partial charge in [-0.3, -0.25) is 4.79 Å². The summed E-state index contributed by atoms with van der Waals surface area (Å²) < 4.78 is 0. The maximum atomic E-state index is 12.6.